The van der Waals surface area contributed by atoms with Gasteiger partial charge in [0.1, 0.15) is 16.5 Å². The highest BCUT2D eigenvalue weighted by Crippen LogP contribution is 2.23. The monoisotopic (exact) mass is 354 g/mol. The molecule has 1 aromatic carbocycles. The van der Waals surface area contributed by atoms with Crippen LogP contribution in [0.4, 0.5) is 0 Å². The van der Waals surface area contributed by atoms with Crippen LogP contribution >= 0.6 is 23.1 Å². The minimum Gasteiger partial charge on any atom is -0.480 e. The lowest BCUT2D eigenvalue weighted by atomic mass is 10.1. The normalized spacial score (nSPS) is 15.0. The number of rotatable bonds is 9. The third kappa shape index (κ3) is 5.60. The molecule has 2 rings (SSSR count). The van der Waals surface area contributed by atoms with Gasteiger partial charge in [-0.1, -0.05) is 42.1 Å². The van der Waals surface area contributed by atoms with Crippen LogP contribution in [0, 0.1) is 0 Å². The fourth-order valence-electron chi connectivity index (χ4n) is 1.89. The van der Waals surface area contributed by atoms with E-state index in [0.29, 0.717) is 0 Å². The Morgan fingerprint density at radius 1 is 1.39 bits per heavy atom. The van der Waals surface area contributed by atoms with E-state index in [9.17, 15) is 9.90 Å². The molecule has 0 saturated carbocycles. The van der Waals surface area contributed by atoms with Crippen molar-refractivity contribution in [2.24, 2.45) is 5.73 Å². The van der Waals surface area contributed by atoms with E-state index in [1.807, 2.05) is 35.7 Å². The summed E-state index contributed by atoms with van der Waals surface area (Å²) in [7, 11) is 0. The highest BCUT2D eigenvalue weighted by molar-refractivity contribution is 8.01. The van der Waals surface area contributed by atoms with E-state index >= 15 is 0 Å². The van der Waals surface area contributed by atoms with Crippen LogP contribution in [0.25, 0.3) is 0 Å². The highest BCUT2D eigenvalue weighted by atomic mass is 32.2. The van der Waals surface area contributed by atoms with Crippen LogP contribution in [-0.4, -0.2) is 45.2 Å². The van der Waals surface area contributed by atoms with E-state index in [2.05, 4.69) is 4.98 Å². The zero-order valence-electron chi connectivity index (χ0n) is 12.2. The molecule has 4 N–H and O–H groups in total. The predicted octanol–water partition coefficient (Wildman–Crippen LogP) is 1.59. The first-order chi connectivity index (χ1) is 11.1. The zero-order chi connectivity index (χ0) is 16.7. The summed E-state index contributed by atoms with van der Waals surface area (Å²) < 4.78 is 6.40. The molecule has 0 amide bonds. The molecule has 3 unspecified atom stereocenters. The number of carboxylic acids is 1. The quantitative estimate of drug-likeness (QED) is 0.587. The minimum absolute atomic E-state index is 0.186. The van der Waals surface area contributed by atoms with Gasteiger partial charge in [-0.2, -0.15) is 0 Å². The number of carboxylic acid groups (broad SMARTS) is 1. The predicted molar refractivity (Wildman–Crippen MR) is 89.5 cm³/mol. The Labute approximate surface area is 142 Å². The number of aromatic nitrogens is 1. The maximum atomic E-state index is 11.2. The third-order valence-electron chi connectivity index (χ3n) is 3.09. The van der Waals surface area contributed by atoms with E-state index < -0.39 is 24.2 Å². The largest absolute Gasteiger partial charge is 0.480 e. The average molecular weight is 354 g/mol. The minimum atomic E-state index is -1.30. The number of thiazole rings is 1. The molecule has 0 aliphatic heterocycles. The van der Waals surface area contributed by atoms with Crippen molar-refractivity contribution >= 4 is 29.1 Å². The topological polar surface area (TPSA) is 106 Å². The van der Waals surface area contributed by atoms with Gasteiger partial charge in [-0.15, -0.1) is 11.3 Å². The van der Waals surface area contributed by atoms with Crippen LogP contribution in [0.1, 0.15) is 5.56 Å². The summed E-state index contributed by atoms with van der Waals surface area (Å²) in [6.07, 6.45) is -0.343. The standard InChI is InChI=1S/C15H18N2O4S2/c16-12(14(19)20)13(21-8-10-4-2-1-3-5-10)11(18)9-23-15-17-6-7-22-15/h1-7,11-13,18H,8-9,16H2,(H,19,20). The van der Waals surface area contributed by atoms with Crippen molar-refractivity contribution < 1.29 is 19.7 Å². The summed E-state index contributed by atoms with van der Waals surface area (Å²) in [5.41, 5.74) is 6.55. The second-order valence-corrected chi connectivity index (χ2v) is 6.96. The van der Waals surface area contributed by atoms with Crippen molar-refractivity contribution in [2.45, 2.75) is 29.2 Å². The van der Waals surface area contributed by atoms with E-state index in [4.69, 9.17) is 15.6 Å². The summed E-state index contributed by atoms with van der Waals surface area (Å²) in [5, 5.41) is 21.2. The van der Waals surface area contributed by atoms with E-state index in [-0.39, 0.29) is 12.4 Å². The van der Waals surface area contributed by atoms with Crippen molar-refractivity contribution in [3.63, 3.8) is 0 Å². The fourth-order valence-corrected chi connectivity index (χ4v) is 3.54. The Bertz CT molecular complexity index is 595. The molecule has 0 aliphatic rings. The number of nitrogens with zero attached hydrogens (tertiary/aromatic N) is 1. The molecule has 0 spiro atoms. The summed E-state index contributed by atoms with van der Waals surface area (Å²) in [5.74, 6) is -0.949. The van der Waals surface area contributed by atoms with Gasteiger partial charge in [0, 0.05) is 17.3 Å². The van der Waals surface area contributed by atoms with Gasteiger partial charge in [-0.25, -0.2) is 4.98 Å². The van der Waals surface area contributed by atoms with E-state index in [0.717, 1.165) is 9.90 Å². The summed E-state index contributed by atoms with van der Waals surface area (Å²) in [4.78, 5) is 15.3. The Kier molecular flexibility index (Phi) is 7.00. The fraction of sp³-hybridized carbons (Fsp3) is 0.333. The molecule has 0 radical (unpaired) electrons. The van der Waals surface area contributed by atoms with Gasteiger partial charge < -0.3 is 20.7 Å². The van der Waals surface area contributed by atoms with Crippen LogP contribution < -0.4 is 5.73 Å². The number of aliphatic hydroxyl groups is 1. The first kappa shape index (κ1) is 17.9. The molecule has 0 fully saturated rings. The Hall–Kier alpha value is -1.45. The van der Waals surface area contributed by atoms with Crippen LogP contribution in [0.15, 0.2) is 46.2 Å². The SMILES string of the molecule is NC(C(=O)O)C(OCc1ccccc1)C(O)CSc1nccs1. The number of aliphatic carboxylic acids is 1. The lowest BCUT2D eigenvalue weighted by molar-refractivity contribution is -0.146. The van der Waals surface area contributed by atoms with Crippen molar-refractivity contribution in [3.8, 4) is 0 Å². The highest BCUT2D eigenvalue weighted by Gasteiger charge is 2.32. The van der Waals surface area contributed by atoms with Crippen molar-refractivity contribution in [1.82, 2.24) is 4.98 Å². The molecule has 23 heavy (non-hydrogen) atoms. The number of carbonyl (C=O) groups is 1. The lowest BCUT2D eigenvalue weighted by Gasteiger charge is -2.26. The molecule has 124 valence electrons. The molecule has 2 aromatic rings. The number of ether oxygens (including phenoxy) is 1. The molecule has 1 heterocycles. The van der Waals surface area contributed by atoms with Crippen molar-refractivity contribution in [2.75, 3.05) is 5.75 Å². The number of aliphatic hydroxyl groups excluding tert-OH is 1. The van der Waals surface area contributed by atoms with Gasteiger partial charge >= 0.3 is 5.97 Å². The summed E-state index contributed by atoms with van der Waals surface area (Å²) in [6, 6.07) is 8.02. The summed E-state index contributed by atoms with van der Waals surface area (Å²) >= 11 is 2.80. The lowest BCUT2D eigenvalue weighted by Crippen LogP contribution is -2.50. The molecule has 0 aliphatic carbocycles. The van der Waals surface area contributed by atoms with Gasteiger partial charge in [-0.3, -0.25) is 4.79 Å². The summed E-state index contributed by atoms with van der Waals surface area (Å²) in [6.45, 7) is 0.186. The molecule has 3 atom stereocenters. The second kappa shape index (κ2) is 8.99. The number of thioether (sulfide) groups is 1. The number of hydrogen-bond acceptors (Lipinski definition) is 7. The Morgan fingerprint density at radius 3 is 2.74 bits per heavy atom. The zero-order valence-corrected chi connectivity index (χ0v) is 13.9. The van der Waals surface area contributed by atoms with Gasteiger partial charge in [0.25, 0.3) is 0 Å². The Balaban J connectivity index is 1.96. The molecular weight excluding hydrogens is 336 g/mol. The smallest absolute Gasteiger partial charge is 0.323 e. The molecule has 0 saturated heterocycles. The number of nitrogens with two attached hydrogens (primary N) is 1. The molecule has 6 nitrogen and oxygen atoms in total. The van der Waals surface area contributed by atoms with Crippen LogP contribution in [0.3, 0.4) is 0 Å². The average Bonchev–Trinajstić information content (AvgIpc) is 3.07. The van der Waals surface area contributed by atoms with Crippen LogP contribution in [0.5, 0.6) is 0 Å². The third-order valence-corrected chi connectivity index (χ3v) is 5.16. The first-order valence-electron chi connectivity index (χ1n) is 6.92. The maximum absolute atomic E-state index is 11.2. The van der Waals surface area contributed by atoms with Crippen molar-refractivity contribution in [1.29, 1.82) is 0 Å². The first-order valence-corrected chi connectivity index (χ1v) is 8.78. The maximum Gasteiger partial charge on any atom is 0.323 e. The van der Waals surface area contributed by atoms with Crippen molar-refractivity contribution in [3.05, 3.63) is 47.5 Å². The van der Waals surface area contributed by atoms with Crippen LogP contribution in [0.2, 0.25) is 0 Å². The van der Waals surface area contributed by atoms with Gasteiger partial charge in [0.15, 0.2) is 0 Å². The Morgan fingerprint density at radius 2 is 2.13 bits per heavy atom. The molecule has 0 bridgehead atoms. The second-order valence-electron chi connectivity index (χ2n) is 4.80. The molecular formula is C15H18N2O4S2. The molecule has 8 heteroatoms. The van der Waals surface area contributed by atoms with Crippen LogP contribution in [-0.2, 0) is 16.1 Å². The number of hydrogen-bond donors (Lipinski definition) is 3. The van der Waals surface area contributed by atoms with E-state index in [1.165, 1.54) is 23.1 Å². The number of benzene rings is 1. The van der Waals surface area contributed by atoms with Gasteiger partial charge in [-0.05, 0) is 5.56 Å². The van der Waals surface area contributed by atoms with E-state index in [1.54, 1.807) is 6.20 Å². The van der Waals surface area contributed by atoms with Gasteiger partial charge in [0.05, 0.1) is 12.7 Å². The molecule has 1 aromatic heterocycles. The van der Waals surface area contributed by atoms with Gasteiger partial charge in [0.2, 0.25) is 0 Å².